The largest absolute Gasteiger partial charge is 0.378 e. The van der Waals surface area contributed by atoms with E-state index >= 15 is 0 Å². The number of nitrogens with zero attached hydrogens (tertiary/aromatic N) is 7. The van der Waals surface area contributed by atoms with Crippen LogP contribution in [0.25, 0.3) is 16.9 Å². The molecule has 0 bridgehead atoms. The number of hydrogen-bond donors (Lipinski definition) is 1. The number of para-hydroxylation sites is 2. The summed E-state index contributed by atoms with van der Waals surface area (Å²) in [6.07, 6.45) is 5.46. The number of anilines is 2. The van der Waals surface area contributed by atoms with Gasteiger partial charge >= 0.3 is 0 Å². The van der Waals surface area contributed by atoms with Gasteiger partial charge in [0.2, 0.25) is 5.95 Å². The van der Waals surface area contributed by atoms with Crippen molar-refractivity contribution >= 4 is 22.8 Å². The Bertz CT molecular complexity index is 1440. The summed E-state index contributed by atoms with van der Waals surface area (Å²) in [6, 6.07) is 13.6. The summed E-state index contributed by atoms with van der Waals surface area (Å²) in [5, 5.41) is 3.45. The van der Waals surface area contributed by atoms with Crippen molar-refractivity contribution in [3.63, 3.8) is 0 Å². The zero-order valence-corrected chi connectivity index (χ0v) is 23.3. The number of nitrogens with one attached hydrogen (secondary N) is 1. The number of aromatic nitrogens is 5. The molecule has 6 rings (SSSR count). The molecule has 9 nitrogen and oxygen atoms in total. The maximum atomic E-state index is 14.1. The molecule has 4 aromatic rings. The molecule has 0 amide bonds. The summed E-state index contributed by atoms with van der Waals surface area (Å²) in [5.74, 6) is 1.69. The van der Waals surface area contributed by atoms with Crippen molar-refractivity contribution in [3.05, 3.63) is 66.2 Å². The highest BCUT2D eigenvalue weighted by Gasteiger charge is 2.26. The van der Waals surface area contributed by atoms with E-state index in [1.54, 1.807) is 30.5 Å². The van der Waals surface area contributed by atoms with Crippen LogP contribution in [0.4, 0.5) is 20.5 Å². The van der Waals surface area contributed by atoms with Crippen LogP contribution in [0.1, 0.15) is 43.5 Å². The predicted octanol–water partition coefficient (Wildman–Crippen LogP) is 5.09. The summed E-state index contributed by atoms with van der Waals surface area (Å²) in [6.45, 7) is 4.18. The van der Waals surface area contributed by atoms with E-state index in [2.05, 4.69) is 38.2 Å². The molecule has 0 spiro atoms. The van der Waals surface area contributed by atoms with Gasteiger partial charge in [-0.05, 0) is 62.4 Å². The van der Waals surface area contributed by atoms with E-state index in [0.717, 1.165) is 38.8 Å². The monoisotopic (exact) mass is 562 g/mol. The summed E-state index contributed by atoms with van der Waals surface area (Å²) < 4.78 is 35.2. The van der Waals surface area contributed by atoms with E-state index in [-0.39, 0.29) is 5.82 Å². The van der Waals surface area contributed by atoms with Crippen molar-refractivity contribution in [2.24, 2.45) is 5.92 Å². The Morgan fingerprint density at radius 3 is 2.54 bits per heavy atom. The minimum Gasteiger partial charge on any atom is -0.378 e. The van der Waals surface area contributed by atoms with E-state index in [0.29, 0.717) is 66.9 Å². The lowest BCUT2D eigenvalue weighted by Crippen LogP contribution is -2.37. The number of ether oxygens (including phenoxy) is 1. The molecule has 1 aromatic carbocycles. The van der Waals surface area contributed by atoms with Gasteiger partial charge in [-0.25, -0.2) is 13.8 Å². The number of imidazole rings is 1. The lowest BCUT2D eigenvalue weighted by Gasteiger charge is -2.34. The Morgan fingerprint density at radius 1 is 1.00 bits per heavy atom. The van der Waals surface area contributed by atoms with Crippen LogP contribution in [0, 0.1) is 5.92 Å². The maximum absolute atomic E-state index is 14.1. The Hall–Kier alpha value is -3.70. The first-order valence-electron chi connectivity index (χ1n) is 14.4. The molecular weight excluding hydrogens is 526 g/mol. The summed E-state index contributed by atoms with van der Waals surface area (Å²) in [5.41, 5.74) is 2.33. The second-order valence-corrected chi connectivity index (χ2v) is 10.9. The topological polar surface area (TPSA) is 84.2 Å². The van der Waals surface area contributed by atoms with E-state index < -0.39 is 6.43 Å². The number of hydrogen-bond acceptors (Lipinski definition) is 8. The number of fused-ring (bicyclic) bond motifs is 1. The van der Waals surface area contributed by atoms with Gasteiger partial charge in [-0.15, -0.1) is 0 Å². The third-order valence-electron chi connectivity index (χ3n) is 8.19. The first-order valence-corrected chi connectivity index (χ1v) is 14.4. The molecule has 0 atom stereocenters. The van der Waals surface area contributed by atoms with Gasteiger partial charge < -0.3 is 15.0 Å². The molecule has 1 aliphatic heterocycles. The molecule has 4 heterocycles. The van der Waals surface area contributed by atoms with Crippen LogP contribution >= 0.6 is 0 Å². The van der Waals surface area contributed by atoms with Crippen LogP contribution < -0.4 is 10.2 Å². The van der Waals surface area contributed by atoms with Gasteiger partial charge in [0.1, 0.15) is 11.6 Å². The standard InChI is InChI=1S/C30H36F2N8O/c1-38(20-22-5-4-12-33-18-22)23-10-8-21(9-11-23)19-34-30-36-26(39-13-15-41-16-14-39)17-27(37-30)40-25-7-3-2-6-24(25)35-29(40)28(31)32/h2-7,12,17-18,21,23,28H,8-11,13-16,19-20H2,1H3,(H,34,36,37)/t21-,23-. The maximum Gasteiger partial charge on any atom is 0.296 e. The molecule has 1 saturated heterocycles. The van der Waals surface area contributed by atoms with Crippen LogP contribution in [0.5, 0.6) is 0 Å². The molecule has 216 valence electrons. The normalized spacial score (nSPS) is 19.8. The van der Waals surface area contributed by atoms with Crippen LogP contribution in [-0.4, -0.2) is 75.3 Å². The molecule has 1 N–H and O–H groups in total. The minimum atomic E-state index is -2.74. The van der Waals surface area contributed by atoms with Gasteiger partial charge in [-0.1, -0.05) is 18.2 Å². The second-order valence-electron chi connectivity index (χ2n) is 10.9. The lowest BCUT2D eigenvalue weighted by atomic mass is 9.85. The smallest absolute Gasteiger partial charge is 0.296 e. The number of pyridine rings is 1. The fraction of sp³-hybridized carbons (Fsp3) is 0.467. The van der Waals surface area contributed by atoms with Crippen molar-refractivity contribution in [3.8, 4) is 5.82 Å². The Morgan fingerprint density at radius 2 is 1.78 bits per heavy atom. The van der Waals surface area contributed by atoms with Gasteiger partial charge in [0, 0.05) is 50.7 Å². The second kappa shape index (κ2) is 12.4. The van der Waals surface area contributed by atoms with Gasteiger partial charge in [0.25, 0.3) is 6.43 Å². The molecule has 0 unspecified atom stereocenters. The predicted molar refractivity (Wildman–Crippen MR) is 155 cm³/mol. The van der Waals surface area contributed by atoms with Crippen LogP contribution in [-0.2, 0) is 11.3 Å². The molecule has 41 heavy (non-hydrogen) atoms. The summed E-state index contributed by atoms with van der Waals surface area (Å²) in [4.78, 5) is 22.5. The zero-order valence-electron chi connectivity index (χ0n) is 23.3. The van der Waals surface area contributed by atoms with E-state index in [1.165, 1.54) is 10.1 Å². The highest BCUT2D eigenvalue weighted by Crippen LogP contribution is 2.31. The lowest BCUT2D eigenvalue weighted by molar-refractivity contribution is 0.122. The molecule has 1 aliphatic carbocycles. The van der Waals surface area contributed by atoms with Crippen LogP contribution in [0.15, 0.2) is 54.9 Å². The first kappa shape index (κ1) is 27.5. The zero-order chi connectivity index (χ0) is 28.2. The van der Waals surface area contributed by atoms with E-state index in [1.807, 2.05) is 18.3 Å². The Kier molecular flexibility index (Phi) is 8.33. The average Bonchev–Trinajstić information content (AvgIpc) is 3.41. The third kappa shape index (κ3) is 6.31. The molecular formula is C30H36F2N8O. The number of halogens is 2. The Labute approximate surface area is 238 Å². The first-order chi connectivity index (χ1) is 20.0. The summed E-state index contributed by atoms with van der Waals surface area (Å²) in [7, 11) is 2.19. The van der Waals surface area contributed by atoms with Gasteiger partial charge in [-0.2, -0.15) is 9.97 Å². The minimum absolute atomic E-state index is 0.322. The SMILES string of the molecule is CN(Cc1cccnc1)[C@H]1CC[C@H](CNc2nc(N3CCOCC3)cc(-n3c(C(F)F)nc4ccccc43)n2)CC1. The molecule has 3 aromatic heterocycles. The van der Waals surface area contributed by atoms with Crippen molar-refractivity contribution in [2.45, 2.75) is 44.7 Å². The van der Waals surface area contributed by atoms with Crippen LogP contribution in [0.2, 0.25) is 0 Å². The molecule has 2 fully saturated rings. The van der Waals surface area contributed by atoms with Crippen molar-refractivity contribution in [1.82, 2.24) is 29.4 Å². The number of alkyl halides is 2. The van der Waals surface area contributed by atoms with Crippen LogP contribution in [0.3, 0.4) is 0 Å². The Balaban J connectivity index is 1.19. The quantitative estimate of drug-likeness (QED) is 0.302. The fourth-order valence-corrected chi connectivity index (χ4v) is 5.94. The van der Waals surface area contributed by atoms with Crippen molar-refractivity contribution in [2.75, 3.05) is 50.1 Å². The van der Waals surface area contributed by atoms with E-state index in [4.69, 9.17) is 14.7 Å². The third-order valence-corrected chi connectivity index (χ3v) is 8.19. The fourth-order valence-electron chi connectivity index (χ4n) is 5.94. The number of morpholine rings is 1. The molecule has 0 radical (unpaired) electrons. The van der Waals surface area contributed by atoms with Gasteiger partial charge in [0.05, 0.1) is 24.2 Å². The van der Waals surface area contributed by atoms with Crippen molar-refractivity contribution in [1.29, 1.82) is 0 Å². The average molecular weight is 563 g/mol. The molecule has 1 saturated carbocycles. The highest BCUT2D eigenvalue weighted by atomic mass is 19.3. The van der Waals surface area contributed by atoms with Gasteiger partial charge in [-0.3, -0.25) is 14.5 Å². The molecule has 11 heteroatoms. The highest BCUT2D eigenvalue weighted by molar-refractivity contribution is 5.78. The number of rotatable bonds is 9. The summed E-state index contributed by atoms with van der Waals surface area (Å²) >= 11 is 0. The molecule has 2 aliphatic rings. The van der Waals surface area contributed by atoms with Crippen molar-refractivity contribution < 1.29 is 13.5 Å². The van der Waals surface area contributed by atoms with Gasteiger partial charge in [0.15, 0.2) is 5.82 Å². The number of benzene rings is 1. The van der Waals surface area contributed by atoms with E-state index in [9.17, 15) is 8.78 Å².